The highest BCUT2D eigenvalue weighted by molar-refractivity contribution is 5.90. The second-order valence-electron chi connectivity index (χ2n) is 12.4. The summed E-state index contributed by atoms with van der Waals surface area (Å²) in [6.45, 7) is 9.06. The Balaban J connectivity index is 1.35. The number of carbonyl (C=O) groups is 3. The Morgan fingerprint density at radius 2 is 1.56 bits per heavy atom. The van der Waals surface area contributed by atoms with Crippen molar-refractivity contribution in [1.82, 2.24) is 10.2 Å². The minimum absolute atomic E-state index is 0.0790. The summed E-state index contributed by atoms with van der Waals surface area (Å²) in [5, 5.41) is 12.5. The van der Waals surface area contributed by atoms with Crippen molar-refractivity contribution in [2.45, 2.75) is 70.4 Å². The van der Waals surface area contributed by atoms with Gasteiger partial charge in [-0.25, -0.2) is 9.59 Å². The molecule has 0 unspecified atom stereocenters. The molecule has 2 atom stereocenters. The van der Waals surface area contributed by atoms with E-state index in [4.69, 9.17) is 14.2 Å². The lowest BCUT2D eigenvalue weighted by Gasteiger charge is -2.35. The molecule has 0 saturated carbocycles. The van der Waals surface area contributed by atoms with Crippen molar-refractivity contribution in [3.63, 3.8) is 0 Å². The zero-order valence-electron chi connectivity index (χ0n) is 25.1. The SMILES string of the molecule is CC(C)(C)Oc1ccc(C[C@@H](NC(=O)OCC2c3ccccc3-c3ccccc32)C(=O)N2[C@@H](C(=O)O)COC2(C)C)cc1. The first-order valence-electron chi connectivity index (χ1n) is 14.4. The quantitative estimate of drug-likeness (QED) is 0.365. The number of carboxylic acid groups (broad SMARTS) is 1. The first kappa shape index (κ1) is 30.1. The van der Waals surface area contributed by atoms with Crippen LogP contribution in [0.25, 0.3) is 11.1 Å². The summed E-state index contributed by atoms with van der Waals surface area (Å²) in [6.07, 6.45) is -0.657. The molecule has 3 aromatic rings. The van der Waals surface area contributed by atoms with Crippen LogP contribution in [0, 0.1) is 0 Å². The van der Waals surface area contributed by atoms with Crippen LogP contribution in [0.1, 0.15) is 57.2 Å². The number of fused-ring (bicyclic) bond motifs is 3. The highest BCUT2D eigenvalue weighted by atomic mass is 16.6. The van der Waals surface area contributed by atoms with Crippen molar-refractivity contribution >= 4 is 18.0 Å². The van der Waals surface area contributed by atoms with Gasteiger partial charge in [-0.15, -0.1) is 0 Å². The Bertz CT molecular complexity index is 1460. The van der Waals surface area contributed by atoms with Gasteiger partial charge in [0.05, 0.1) is 6.61 Å². The maximum atomic E-state index is 13.9. The smallest absolute Gasteiger partial charge is 0.407 e. The molecule has 2 amide bonds. The molecule has 0 aromatic heterocycles. The van der Waals surface area contributed by atoms with Crippen molar-refractivity contribution in [1.29, 1.82) is 0 Å². The van der Waals surface area contributed by atoms with Crippen LogP contribution in [0.5, 0.6) is 5.75 Å². The number of hydrogen-bond donors (Lipinski definition) is 2. The van der Waals surface area contributed by atoms with Crippen molar-refractivity contribution in [2.75, 3.05) is 13.2 Å². The van der Waals surface area contributed by atoms with Crippen molar-refractivity contribution in [3.8, 4) is 16.9 Å². The second kappa shape index (κ2) is 11.7. The summed E-state index contributed by atoms with van der Waals surface area (Å²) >= 11 is 0. The molecule has 2 N–H and O–H groups in total. The Morgan fingerprint density at radius 1 is 0.977 bits per heavy atom. The number of nitrogens with zero attached hydrogens (tertiary/aromatic N) is 1. The molecular weight excluding hydrogens is 548 g/mol. The van der Waals surface area contributed by atoms with Gasteiger partial charge in [-0.2, -0.15) is 0 Å². The fraction of sp³-hybridized carbons (Fsp3) is 0.382. The lowest BCUT2D eigenvalue weighted by molar-refractivity contribution is -0.156. The van der Waals surface area contributed by atoms with Crippen LogP contribution in [-0.4, -0.2) is 64.6 Å². The van der Waals surface area contributed by atoms with Gasteiger partial charge in [0, 0.05) is 12.3 Å². The molecule has 3 aromatic carbocycles. The van der Waals surface area contributed by atoms with E-state index in [1.807, 2.05) is 69.3 Å². The molecule has 9 nitrogen and oxygen atoms in total. The molecule has 1 heterocycles. The van der Waals surface area contributed by atoms with E-state index in [2.05, 4.69) is 17.4 Å². The fourth-order valence-electron chi connectivity index (χ4n) is 5.84. The third-order valence-corrected chi connectivity index (χ3v) is 7.73. The molecule has 1 aliphatic heterocycles. The van der Waals surface area contributed by atoms with Gasteiger partial charge in [0.2, 0.25) is 5.91 Å². The van der Waals surface area contributed by atoms with E-state index in [0.29, 0.717) is 5.75 Å². The number of aliphatic carboxylic acids is 1. The molecule has 43 heavy (non-hydrogen) atoms. The minimum atomic E-state index is -1.18. The number of alkyl carbamates (subject to hydrolysis) is 1. The standard InChI is InChI=1S/C34H38N2O7/c1-33(2,3)43-22-16-14-21(15-17-22)18-28(30(37)36-29(31(38)39)20-42-34(36,4)5)35-32(40)41-19-27-25-12-8-6-10-23(25)24-11-7-9-13-26(24)27/h6-17,27-29H,18-20H2,1-5H3,(H,35,40)(H,38,39)/t28-,29-/m1/s1. The molecule has 226 valence electrons. The lowest BCUT2D eigenvalue weighted by atomic mass is 9.98. The van der Waals surface area contributed by atoms with Gasteiger partial charge in [0.15, 0.2) is 6.04 Å². The molecule has 1 aliphatic carbocycles. The molecule has 5 rings (SSSR count). The number of rotatable bonds is 8. The predicted molar refractivity (Wildman–Crippen MR) is 161 cm³/mol. The number of benzene rings is 3. The van der Waals surface area contributed by atoms with Crippen LogP contribution in [0.15, 0.2) is 72.8 Å². The minimum Gasteiger partial charge on any atom is -0.488 e. The normalized spacial score (nSPS) is 18.0. The average molecular weight is 587 g/mol. The van der Waals surface area contributed by atoms with Gasteiger partial charge in [0.1, 0.15) is 29.7 Å². The average Bonchev–Trinajstić information content (AvgIpc) is 3.45. The van der Waals surface area contributed by atoms with Crippen molar-refractivity contribution < 1.29 is 33.7 Å². The monoisotopic (exact) mass is 586 g/mol. The van der Waals surface area contributed by atoms with Crippen LogP contribution in [0.3, 0.4) is 0 Å². The largest absolute Gasteiger partial charge is 0.488 e. The number of amides is 2. The molecule has 0 radical (unpaired) electrons. The van der Waals surface area contributed by atoms with Crippen molar-refractivity contribution in [2.24, 2.45) is 0 Å². The van der Waals surface area contributed by atoms with Crippen LogP contribution < -0.4 is 10.1 Å². The van der Waals surface area contributed by atoms with E-state index in [9.17, 15) is 19.5 Å². The van der Waals surface area contributed by atoms with Gasteiger partial charge >= 0.3 is 12.1 Å². The van der Waals surface area contributed by atoms with Gasteiger partial charge < -0.3 is 24.6 Å². The maximum Gasteiger partial charge on any atom is 0.407 e. The summed E-state index contributed by atoms with van der Waals surface area (Å²) in [6, 6.07) is 21.0. The Labute approximate surface area is 251 Å². The van der Waals surface area contributed by atoms with Gasteiger partial charge in [-0.05, 0) is 74.6 Å². The highest BCUT2D eigenvalue weighted by Gasteiger charge is 2.49. The van der Waals surface area contributed by atoms with E-state index < -0.39 is 35.8 Å². The Kier molecular flexibility index (Phi) is 8.21. The zero-order chi connectivity index (χ0) is 30.9. The third-order valence-electron chi connectivity index (χ3n) is 7.73. The molecule has 0 spiro atoms. The molecule has 9 heteroatoms. The molecule has 0 bridgehead atoms. The Hall–Kier alpha value is -4.37. The van der Waals surface area contributed by atoms with E-state index in [1.54, 1.807) is 26.0 Å². The highest BCUT2D eigenvalue weighted by Crippen LogP contribution is 2.44. The molecule has 2 aliphatic rings. The summed E-state index contributed by atoms with van der Waals surface area (Å²) in [4.78, 5) is 40.4. The number of hydrogen-bond acceptors (Lipinski definition) is 6. The number of carbonyl (C=O) groups excluding carboxylic acids is 2. The van der Waals surface area contributed by atoms with E-state index in [1.165, 1.54) is 4.90 Å². The lowest BCUT2D eigenvalue weighted by Crippen LogP contribution is -2.58. The first-order valence-corrected chi connectivity index (χ1v) is 14.4. The fourth-order valence-corrected chi connectivity index (χ4v) is 5.84. The molecule has 1 fully saturated rings. The number of nitrogens with one attached hydrogen (secondary N) is 1. The van der Waals surface area contributed by atoms with Crippen molar-refractivity contribution in [3.05, 3.63) is 89.5 Å². The van der Waals surface area contributed by atoms with Crippen LogP contribution in [-0.2, 0) is 25.5 Å². The number of ether oxygens (including phenoxy) is 3. The van der Waals surface area contributed by atoms with E-state index in [-0.39, 0.29) is 31.2 Å². The maximum absolute atomic E-state index is 13.9. The van der Waals surface area contributed by atoms with Gasteiger partial charge in [-0.3, -0.25) is 9.69 Å². The second-order valence-corrected chi connectivity index (χ2v) is 12.4. The third kappa shape index (κ3) is 6.51. The van der Waals surface area contributed by atoms with Crippen LogP contribution in [0.2, 0.25) is 0 Å². The summed E-state index contributed by atoms with van der Waals surface area (Å²) in [5.74, 6) is -1.23. The van der Waals surface area contributed by atoms with Gasteiger partial charge in [-0.1, -0.05) is 60.7 Å². The summed E-state index contributed by atoms with van der Waals surface area (Å²) in [5.41, 5.74) is 3.56. The summed E-state index contributed by atoms with van der Waals surface area (Å²) < 4.78 is 17.3. The van der Waals surface area contributed by atoms with Crippen LogP contribution in [0.4, 0.5) is 4.79 Å². The first-order chi connectivity index (χ1) is 20.3. The van der Waals surface area contributed by atoms with E-state index >= 15 is 0 Å². The molecular formula is C34H38N2O7. The predicted octanol–water partition coefficient (Wildman–Crippen LogP) is 5.36. The zero-order valence-corrected chi connectivity index (χ0v) is 25.1. The summed E-state index contributed by atoms with van der Waals surface area (Å²) in [7, 11) is 0. The topological polar surface area (TPSA) is 114 Å². The molecule has 1 saturated heterocycles. The Morgan fingerprint density at radius 3 is 2.12 bits per heavy atom. The van der Waals surface area contributed by atoms with E-state index in [0.717, 1.165) is 27.8 Å². The van der Waals surface area contributed by atoms with Crippen LogP contribution >= 0.6 is 0 Å². The number of carboxylic acids is 1. The van der Waals surface area contributed by atoms with Gasteiger partial charge in [0.25, 0.3) is 0 Å².